The van der Waals surface area contributed by atoms with E-state index < -0.39 is 5.97 Å². The quantitative estimate of drug-likeness (QED) is 0.790. The lowest BCUT2D eigenvalue weighted by molar-refractivity contribution is -0.142. The van der Waals surface area contributed by atoms with E-state index >= 15 is 0 Å². The van der Waals surface area contributed by atoms with Crippen LogP contribution < -0.4 is 15.5 Å². The Hall–Kier alpha value is -2.31. The maximum absolute atomic E-state index is 12.0. The van der Waals surface area contributed by atoms with Gasteiger partial charge < -0.3 is 15.3 Å². The normalized spacial score (nSPS) is 21.0. The van der Waals surface area contributed by atoms with E-state index in [2.05, 4.69) is 15.6 Å². The Balaban J connectivity index is 1.83. The lowest BCUT2D eigenvalue weighted by Crippen LogP contribution is -2.41. The van der Waals surface area contributed by atoms with Gasteiger partial charge in [0.05, 0.1) is 5.92 Å². The van der Waals surface area contributed by atoms with Crippen molar-refractivity contribution in [3.05, 3.63) is 18.2 Å². The second-order valence-electron chi connectivity index (χ2n) is 5.76. The number of pyridine rings is 1. The van der Waals surface area contributed by atoms with E-state index in [1.54, 1.807) is 6.07 Å². The van der Waals surface area contributed by atoms with Gasteiger partial charge in [-0.2, -0.15) is 0 Å². The molecule has 0 aromatic carbocycles. The maximum Gasteiger partial charge on any atom is 0.320 e. The Bertz CT molecular complexity index is 539. The first kappa shape index (κ1) is 16.1. The molecule has 1 heterocycles. The molecule has 1 aromatic heterocycles. The fourth-order valence-corrected chi connectivity index (χ4v) is 2.56. The van der Waals surface area contributed by atoms with Crippen LogP contribution >= 0.6 is 0 Å². The average Bonchev–Trinajstić information content (AvgIpc) is 2.47. The van der Waals surface area contributed by atoms with Crippen LogP contribution in [0.15, 0.2) is 18.2 Å². The van der Waals surface area contributed by atoms with Gasteiger partial charge in [0, 0.05) is 20.1 Å². The predicted octanol–water partition coefficient (Wildman–Crippen LogP) is 1.91. The van der Waals surface area contributed by atoms with Gasteiger partial charge in [-0.05, 0) is 37.8 Å². The largest absolute Gasteiger partial charge is 0.481 e. The Labute approximate surface area is 129 Å². The van der Waals surface area contributed by atoms with E-state index in [1.807, 2.05) is 31.1 Å². The minimum Gasteiger partial charge on any atom is -0.481 e. The third-order valence-electron chi connectivity index (χ3n) is 3.85. The molecule has 2 amide bonds. The number of carbonyl (C=O) groups is 2. The molecule has 1 aliphatic rings. The van der Waals surface area contributed by atoms with E-state index in [1.165, 1.54) is 0 Å². The van der Waals surface area contributed by atoms with E-state index in [4.69, 9.17) is 5.11 Å². The van der Waals surface area contributed by atoms with Crippen molar-refractivity contribution in [2.24, 2.45) is 5.92 Å². The van der Waals surface area contributed by atoms with E-state index in [-0.39, 0.29) is 18.0 Å². The Morgan fingerprint density at radius 1 is 1.23 bits per heavy atom. The molecule has 120 valence electrons. The molecule has 0 spiro atoms. The number of hydrogen-bond acceptors (Lipinski definition) is 4. The van der Waals surface area contributed by atoms with Crippen molar-refractivity contribution in [3.63, 3.8) is 0 Å². The van der Waals surface area contributed by atoms with E-state index in [0.717, 1.165) is 5.82 Å². The van der Waals surface area contributed by atoms with Crippen molar-refractivity contribution in [1.29, 1.82) is 0 Å². The summed E-state index contributed by atoms with van der Waals surface area (Å²) in [6, 6.07) is 5.13. The summed E-state index contributed by atoms with van der Waals surface area (Å²) in [6.45, 7) is 0. The molecule has 1 aliphatic carbocycles. The van der Waals surface area contributed by atoms with Crippen LogP contribution in [0.1, 0.15) is 25.7 Å². The van der Waals surface area contributed by atoms with Crippen LogP contribution in [0.2, 0.25) is 0 Å². The van der Waals surface area contributed by atoms with Gasteiger partial charge in [0.2, 0.25) is 0 Å². The lowest BCUT2D eigenvalue weighted by Gasteiger charge is -2.26. The molecule has 7 nitrogen and oxygen atoms in total. The first-order chi connectivity index (χ1) is 10.5. The predicted molar refractivity (Wildman–Crippen MR) is 84.1 cm³/mol. The highest BCUT2D eigenvalue weighted by Gasteiger charge is 2.26. The fraction of sp³-hybridized carbons (Fsp3) is 0.533. The number of carboxylic acids is 1. The third-order valence-corrected chi connectivity index (χ3v) is 3.85. The smallest absolute Gasteiger partial charge is 0.320 e. The third kappa shape index (κ3) is 4.34. The molecule has 2 rings (SSSR count). The van der Waals surface area contributed by atoms with Crippen molar-refractivity contribution in [2.45, 2.75) is 31.7 Å². The molecule has 0 saturated heterocycles. The second kappa shape index (κ2) is 7.11. The van der Waals surface area contributed by atoms with Gasteiger partial charge in [0.15, 0.2) is 0 Å². The summed E-state index contributed by atoms with van der Waals surface area (Å²) in [5.41, 5.74) is 0. The van der Waals surface area contributed by atoms with Crippen LogP contribution in [0.5, 0.6) is 0 Å². The summed E-state index contributed by atoms with van der Waals surface area (Å²) >= 11 is 0. The summed E-state index contributed by atoms with van der Waals surface area (Å²) in [7, 11) is 3.76. The van der Waals surface area contributed by atoms with Gasteiger partial charge in [-0.3, -0.25) is 10.1 Å². The number of amides is 2. The monoisotopic (exact) mass is 306 g/mol. The minimum absolute atomic E-state index is 0.0210. The molecule has 1 aromatic rings. The highest BCUT2D eigenvalue weighted by Crippen LogP contribution is 2.24. The summed E-state index contributed by atoms with van der Waals surface area (Å²) in [5.74, 6) is 0.231. The molecule has 0 aliphatic heterocycles. The minimum atomic E-state index is -0.743. The van der Waals surface area contributed by atoms with Gasteiger partial charge in [0.1, 0.15) is 11.6 Å². The van der Waals surface area contributed by atoms with E-state index in [0.29, 0.717) is 31.5 Å². The number of hydrogen-bond donors (Lipinski definition) is 3. The van der Waals surface area contributed by atoms with Crippen LogP contribution in [0.25, 0.3) is 0 Å². The summed E-state index contributed by atoms with van der Waals surface area (Å²) < 4.78 is 0. The zero-order valence-corrected chi connectivity index (χ0v) is 12.9. The number of carboxylic acid groups (broad SMARTS) is 1. The van der Waals surface area contributed by atoms with Crippen LogP contribution in [0.3, 0.4) is 0 Å². The summed E-state index contributed by atoms with van der Waals surface area (Å²) in [4.78, 5) is 29.1. The molecule has 0 radical (unpaired) electrons. The standard InChI is InChI=1S/C15H22N4O3/c1-19(2)13-5-3-4-12(17-13)18-15(22)16-11-8-6-10(7-9-11)14(20)21/h3-5,10-11H,6-9H2,1-2H3,(H,20,21)(H2,16,17,18,22). The van der Waals surface area contributed by atoms with Crippen LogP contribution in [-0.4, -0.2) is 42.2 Å². The highest BCUT2D eigenvalue weighted by molar-refractivity contribution is 5.88. The zero-order chi connectivity index (χ0) is 16.1. The van der Waals surface area contributed by atoms with Gasteiger partial charge in [0.25, 0.3) is 0 Å². The van der Waals surface area contributed by atoms with Crippen LogP contribution in [-0.2, 0) is 4.79 Å². The SMILES string of the molecule is CN(C)c1cccc(NC(=O)NC2CCC(C(=O)O)CC2)n1. The van der Waals surface area contributed by atoms with Crippen molar-refractivity contribution in [1.82, 2.24) is 10.3 Å². The average molecular weight is 306 g/mol. The lowest BCUT2D eigenvalue weighted by atomic mass is 9.86. The van der Waals surface area contributed by atoms with Crippen LogP contribution in [0.4, 0.5) is 16.4 Å². The van der Waals surface area contributed by atoms with Gasteiger partial charge >= 0.3 is 12.0 Å². The highest BCUT2D eigenvalue weighted by atomic mass is 16.4. The number of rotatable bonds is 4. The molecule has 22 heavy (non-hydrogen) atoms. The Morgan fingerprint density at radius 2 is 1.91 bits per heavy atom. The molecule has 3 N–H and O–H groups in total. The van der Waals surface area contributed by atoms with Gasteiger partial charge in [-0.15, -0.1) is 0 Å². The molecule has 0 bridgehead atoms. The number of aromatic nitrogens is 1. The molecular weight excluding hydrogens is 284 g/mol. The van der Waals surface area contributed by atoms with Crippen molar-refractivity contribution in [2.75, 3.05) is 24.3 Å². The van der Waals surface area contributed by atoms with Crippen molar-refractivity contribution >= 4 is 23.6 Å². The fourth-order valence-electron chi connectivity index (χ4n) is 2.56. The van der Waals surface area contributed by atoms with Crippen LogP contribution in [0, 0.1) is 5.92 Å². The number of aliphatic carboxylic acids is 1. The van der Waals surface area contributed by atoms with E-state index in [9.17, 15) is 9.59 Å². The number of nitrogens with one attached hydrogen (secondary N) is 2. The number of anilines is 2. The topological polar surface area (TPSA) is 94.6 Å². The molecule has 1 fully saturated rings. The number of carbonyl (C=O) groups excluding carboxylic acids is 1. The molecule has 1 saturated carbocycles. The summed E-state index contributed by atoms with van der Waals surface area (Å²) in [5, 5.41) is 14.6. The Morgan fingerprint density at radius 3 is 2.50 bits per heavy atom. The zero-order valence-electron chi connectivity index (χ0n) is 12.9. The summed E-state index contributed by atoms with van der Waals surface area (Å²) in [6.07, 6.45) is 2.59. The Kier molecular flexibility index (Phi) is 5.19. The molecule has 0 unspecified atom stereocenters. The van der Waals surface area contributed by atoms with Crippen molar-refractivity contribution < 1.29 is 14.7 Å². The number of nitrogens with zero attached hydrogens (tertiary/aromatic N) is 2. The molecule has 0 atom stereocenters. The van der Waals surface area contributed by atoms with Gasteiger partial charge in [-0.1, -0.05) is 6.07 Å². The number of urea groups is 1. The first-order valence-corrected chi connectivity index (χ1v) is 7.40. The molecule has 7 heteroatoms. The van der Waals surface area contributed by atoms with Gasteiger partial charge in [-0.25, -0.2) is 9.78 Å². The second-order valence-corrected chi connectivity index (χ2v) is 5.76. The van der Waals surface area contributed by atoms with Crippen molar-refractivity contribution in [3.8, 4) is 0 Å². The molecular formula is C15H22N4O3. The maximum atomic E-state index is 12.0. The first-order valence-electron chi connectivity index (χ1n) is 7.40.